The number of methoxy groups -OCH3 is 1. The molecule has 0 aromatic heterocycles. The lowest BCUT2D eigenvalue weighted by Gasteiger charge is -2.24. The minimum Gasteiger partial charge on any atom is -0.461 e. The average Bonchev–Trinajstić information content (AvgIpc) is 2.68. The Morgan fingerprint density at radius 3 is 1.81 bits per heavy atom. The van der Waals surface area contributed by atoms with Gasteiger partial charge >= 0.3 is 5.97 Å². The van der Waals surface area contributed by atoms with Crippen molar-refractivity contribution in [1.82, 2.24) is 4.31 Å². The summed E-state index contributed by atoms with van der Waals surface area (Å²) in [7, 11) is -0.293. The first-order valence-corrected chi connectivity index (χ1v) is 12.0. The summed E-state index contributed by atoms with van der Waals surface area (Å²) in [6.07, 6.45) is 0.390. The first-order valence-electron chi connectivity index (χ1n) is 10.2. The Morgan fingerprint density at radius 1 is 0.871 bits per heavy atom. The van der Waals surface area contributed by atoms with Crippen molar-refractivity contribution in [2.45, 2.75) is 26.1 Å². The molecule has 0 aliphatic rings. The van der Waals surface area contributed by atoms with Crippen LogP contribution in [0.5, 0.6) is 0 Å². The minimum atomic E-state index is -3.35. The third-order valence-corrected chi connectivity index (χ3v) is 4.97. The molecular formula is C19H39NO10S. The van der Waals surface area contributed by atoms with Crippen molar-refractivity contribution in [2.24, 2.45) is 0 Å². The van der Waals surface area contributed by atoms with Crippen molar-refractivity contribution in [3.05, 3.63) is 0 Å². The lowest BCUT2D eigenvalue weighted by atomic mass is 10.3. The molecule has 0 aliphatic carbocycles. The minimum absolute atomic E-state index is 0.0662. The Morgan fingerprint density at radius 2 is 1.35 bits per heavy atom. The molecule has 0 rings (SSSR count). The molecule has 0 fully saturated rings. The first-order chi connectivity index (χ1) is 14.7. The second-order valence-electron chi connectivity index (χ2n) is 6.92. The Bertz CT molecular complexity index is 544. The fourth-order valence-corrected chi connectivity index (χ4v) is 2.56. The van der Waals surface area contributed by atoms with Gasteiger partial charge in [-0.1, -0.05) is 0 Å². The van der Waals surface area contributed by atoms with E-state index in [0.717, 1.165) is 10.6 Å². The maximum absolute atomic E-state index is 11.8. The van der Waals surface area contributed by atoms with Crippen molar-refractivity contribution < 1.29 is 46.4 Å². The van der Waals surface area contributed by atoms with E-state index in [1.165, 1.54) is 7.05 Å². The summed E-state index contributed by atoms with van der Waals surface area (Å²) >= 11 is 0. The van der Waals surface area contributed by atoms with Crippen molar-refractivity contribution in [3.63, 3.8) is 0 Å². The largest absolute Gasteiger partial charge is 0.461 e. The van der Waals surface area contributed by atoms with Gasteiger partial charge in [-0.05, 0) is 13.8 Å². The third kappa shape index (κ3) is 19.5. The lowest BCUT2D eigenvalue weighted by Crippen LogP contribution is -2.39. The van der Waals surface area contributed by atoms with E-state index < -0.39 is 22.1 Å². The van der Waals surface area contributed by atoms with Crippen LogP contribution in [0.3, 0.4) is 0 Å². The number of likely N-dealkylation sites (N-methyl/N-ethyl adjacent to an activating group) is 1. The zero-order valence-corrected chi connectivity index (χ0v) is 20.2. The van der Waals surface area contributed by atoms with Gasteiger partial charge in [-0.3, -0.25) is 0 Å². The van der Waals surface area contributed by atoms with Crippen LogP contribution in [-0.4, -0.2) is 124 Å². The first kappa shape index (κ1) is 30.1. The van der Waals surface area contributed by atoms with Crippen LogP contribution in [0.15, 0.2) is 0 Å². The highest BCUT2D eigenvalue weighted by molar-refractivity contribution is 7.88. The van der Waals surface area contributed by atoms with Gasteiger partial charge in [-0.2, -0.15) is 0 Å². The van der Waals surface area contributed by atoms with Gasteiger partial charge in [0.15, 0.2) is 0 Å². The molecule has 186 valence electrons. The van der Waals surface area contributed by atoms with Gasteiger partial charge in [0.25, 0.3) is 0 Å². The van der Waals surface area contributed by atoms with Gasteiger partial charge in [0.05, 0.1) is 65.2 Å². The molecule has 0 amide bonds. The molecule has 1 atom stereocenters. The van der Waals surface area contributed by atoms with Crippen molar-refractivity contribution in [3.8, 4) is 0 Å². The van der Waals surface area contributed by atoms with E-state index in [2.05, 4.69) is 0 Å². The number of hydrogen-bond acceptors (Lipinski definition) is 10. The molecule has 0 spiro atoms. The highest BCUT2D eigenvalue weighted by atomic mass is 32.2. The molecule has 0 bridgehead atoms. The molecule has 31 heavy (non-hydrogen) atoms. The van der Waals surface area contributed by atoms with Gasteiger partial charge in [0.2, 0.25) is 10.0 Å². The summed E-state index contributed by atoms with van der Waals surface area (Å²) in [4.78, 5) is 11.8. The number of sulfonamides is 1. The number of carbonyl (C=O) groups excluding carboxylic acids is 1. The Labute approximate surface area is 186 Å². The van der Waals surface area contributed by atoms with Crippen molar-refractivity contribution >= 4 is 16.0 Å². The van der Waals surface area contributed by atoms with Crippen LogP contribution in [0.4, 0.5) is 0 Å². The number of nitrogens with zero attached hydrogens (tertiary/aromatic N) is 1. The monoisotopic (exact) mass is 473 g/mol. The van der Waals surface area contributed by atoms with Gasteiger partial charge in [0.1, 0.15) is 19.3 Å². The molecular weight excluding hydrogens is 434 g/mol. The van der Waals surface area contributed by atoms with Gasteiger partial charge in [-0.25, -0.2) is 17.5 Å². The number of ether oxygens (including phenoxy) is 7. The summed E-state index contributed by atoms with van der Waals surface area (Å²) < 4.78 is 61.0. The van der Waals surface area contributed by atoms with Gasteiger partial charge in [0, 0.05) is 20.7 Å². The normalized spacial score (nSPS) is 13.1. The maximum Gasteiger partial charge on any atom is 0.332 e. The van der Waals surface area contributed by atoms with Crippen LogP contribution < -0.4 is 0 Å². The van der Waals surface area contributed by atoms with E-state index in [9.17, 15) is 13.2 Å². The molecule has 0 N–H and O–H groups in total. The molecule has 12 heteroatoms. The number of hydrogen-bond donors (Lipinski definition) is 0. The molecule has 0 saturated heterocycles. The van der Waals surface area contributed by atoms with Crippen LogP contribution >= 0.6 is 0 Å². The lowest BCUT2D eigenvalue weighted by molar-refractivity contribution is -0.155. The SMILES string of the molecule is COCCOCCOCCOCCOCC(=O)OC[C@H](CN(C)S(C)(=O)=O)OC(C)C. The molecule has 11 nitrogen and oxygen atoms in total. The molecule has 0 aromatic carbocycles. The topological polar surface area (TPSA) is 119 Å². The fourth-order valence-electron chi connectivity index (χ4n) is 2.13. The molecule has 0 aromatic rings. The summed E-state index contributed by atoms with van der Waals surface area (Å²) in [5, 5.41) is 0. The second kappa shape index (κ2) is 18.7. The van der Waals surface area contributed by atoms with Crippen LogP contribution in [-0.2, 0) is 48.0 Å². The average molecular weight is 474 g/mol. The van der Waals surface area contributed by atoms with Crippen LogP contribution in [0, 0.1) is 0 Å². The highest BCUT2D eigenvalue weighted by Crippen LogP contribution is 2.04. The summed E-state index contributed by atoms with van der Waals surface area (Å²) in [5.41, 5.74) is 0. The number of carbonyl (C=O) groups is 1. The predicted octanol–water partition coefficient (Wildman–Crippen LogP) is -0.0726. The van der Waals surface area contributed by atoms with Crippen molar-refractivity contribution in [1.29, 1.82) is 0 Å². The third-order valence-electron chi connectivity index (χ3n) is 3.69. The quantitative estimate of drug-likeness (QED) is 0.165. The van der Waals surface area contributed by atoms with E-state index in [-0.39, 0.29) is 32.5 Å². The predicted molar refractivity (Wildman–Crippen MR) is 114 cm³/mol. The summed E-state index contributed by atoms with van der Waals surface area (Å²) in [6.45, 7) is 6.92. The Balaban J connectivity index is 3.76. The zero-order valence-electron chi connectivity index (χ0n) is 19.4. The fraction of sp³-hybridized carbons (Fsp3) is 0.947. The molecule has 0 saturated carbocycles. The van der Waals surface area contributed by atoms with E-state index in [4.69, 9.17) is 33.2 Å². The van der Waals surface area contributed by atoms with Crippen LogP contribution in [0.1, 0.15) is 13.8 Å². The summed E-state index contributed by atoms with van der Waals surface area (Å²) in [5.74, 6) is -0.559. The van der Waals surface area contributed by atoms with Gasteiger partial charge < -0.3 is 33.2 Å². The smallest absolute Gasteiger partial charge is 0.332 e. The molecule has 0 radical (unpaired) electrons. The number of esters is 1. The van der Waals surface area contributed by atoms with Crippen LogP contribution in [0.25, 0.3) is 0 Å². The number of rotatable bonds is 21. The Hall–Kier alpha value is -0.860. The van der Waals surface area contributed by atoms with E-state index in [0.29, 0.717) is 46.2 Å². The second-order valence-corrected chi connectivity index (χ2v) is 9.01. The van der Waals surface area contributed by atoms with E-state index in [1.807, 2.05) is 13.8 Å². The maximum atomic E-state index is 11.8. The summed E-state index contributed by atoms with van der Waals surface area (Å²) in [6, 6.07) is 0. The molecule has 0 heterocycles. The molecule has 0 aliphatic heterocycles. The van der Waals surface area contributed by atoms with E-state index >= 15 is 0 Å². The molecule has 0 unspecified atom stereocenters. The van der Waals surface area contributed by atoms with Crippen molar-refractivity contribution in [2.75, 3.05) is 93.0 Å². The van der Waals surface area contributed by atoms with E-state index in [1.54, 1.807) is 7.11 Å². The Kier molecular flexibility index (Phi) is 18.2. The highest BCUT2D eigenvalue weighted by Gasteiger charge is 2.21. The van der Waals surface area contributed by atoms with Gasteiger partial charge in [-0.15, -0.1) is 0 Å². The zero-order chi connectivity index (χ0) is 23.5. The standard InChI is InChI=1S/C19H39NO10S/c1-17(2)30-18(14-20(3)31(5,22)23)15-29-19(21)16-28-13-12-27-11-10-26-9-8-25-7-6-24-4/h17-18H,6-16H2,1-5H3/t18-/m0/s1. The van der Waals surface area contributed by atoms with Crippen LogP contribution in [0.2, 0.25) is 0 Å².